The van der Waals surface area contributed by atoms with Crippen molar-refractivity contribution in [1.82, 2.24) is 10.3 Å². The van der Waals surface area contributed by atoms with Gasteiger partial charge < -0.3 is 5.32 Å². The Morgan fingerprint density at radius 3 is 3.00 bits per heavy atom. The molecule has 0 amide bonds. The van der Waals surface area contributed by atoms with Crippen LogP contribution in [-0.2, 0) is 0 Å². The fourth-order valence-electron chi connectivity index (χ4n) is 0.705. The van der Waals surface area contributed by atoms with Gasteiger partial charge in [-0.1, -0.05) is 11.6 Å². The van der Waals surface area contributed by atoms with Gasteiger partial charge in [-0.2, -0.15) is 0 Å². The molecule has 66 valence electrons. The number of nitrogens with zero attached hydrogens (tertiary/aromatic N) is 1. The van der Waals surface area contributed by atoms with Crippen LogP contribution in [0.15, 0.2) is 23.4 Å². The van der Waals surface area contributed by atoms with Gasteiger partial charge in [0.25, 0.3) is 0 Å². The second-order valence-corrected chi connectivity index (χ2v) is 3.82. The summed E-state index contributed by atoms with van der Waals surface area (Å²) >= 11 is 7.41. The smallest absolute Gasteiger partial charge is 0.0961 e. The largest absolute Gasteiger partial charge is 0.319 e. The third kappa shape index (κ3) is 3.43. The Labute approximate surface area is 81.7 Å². The summed E-state index contributed by atoms with van der Waals surface area (Å²) < 4.78 is 0. The van der Waals surface area contributed by atoms with Crippen LogP contribution in [0.25, 0.3) is 0 Å². The number of halogens is 1. The highest BCUT2D eigenvalue weighted by Gasteiger charge is 1.93. The van der Waals surface area contributed by atoms with Gasteiger partial charge in [0.2, 0.25) is 0 Å². The van der Waals surface area contributed by atoms with Crippen LogP contribution in [0.5, 0.6) is 0 Å². The number of aromatic nitrogens is 1. The maximum Gasteiger partial charge on any atom is 0.0961 e. The van der Waals surface area contributed by atoms with E-state index in [1.54, 1.807) is 18.0 Å². The van der Waals surface area contributed by atoms with Crippen molar-refractivity contribution in [2.45, 2.75) is 5.03 Å². The van der Waals surface area contributed by atoms with Gasteiger partial charge >= 0.3 is 0 Å². The van der Waals surface area contributed by atoms with Gasteiger partial charge in [-0.3, -0.25) is 0 Å². The number of rotatable bonds is 4. The van der Waals surface area contributed by atoms with E-state index < -0.39 is 0 Å². The molecule has 4 heteroatoms. The summed E-state index contributed by atoms with van der Waals surface area (Å²) in [7, 11) is 1.94. The molecule has 12 heavy (non-hydrogen) atoms. The van der Waals surface area contributed by atoms with Crippen LogP contribution in [0.3, 0.4) is 0 Å². The van der Waals surface area contributed by atoms with Crippen LogP contribution in [-0.4, -0.2) is 24.3 Å². The summed E-state index contributed by atoms with van der Waals surface area (Å²) in [6.07, 6.45) is 1.67. The van der Waals surface area contributed by atoms with E-state index in [4.69, 9.17) is 11.6 Å². The highest BCUT2D eigenvalue weighted by molar-refractivity contribution is 7.99. The van der Waals surface area contributed by atoms with E-state index in [0.717, 1.165) is 17.3 Å². The molecule has 0 radical (unpaired) electrons. The third-order valence-electron chi connectivity index (χ3n) is 1.30. The molecule has 2 nitrogen and oxygen atoms in total. The minimum atomic E-state index is 0.688. The summed E-state index contributed by atoms with van der Waals surface area (Å²) in [6, 6.07) is 3.79. The van der Waals surface area contributed by atoms with E-state index in [1.165, 1.54) is 0 Å². The predicted molar refractivity (Wildman–Crippen MR) is 53.9 cm³/mol. The van der Waals surface area contributed by atoms with Crippen LogP contribution in [0.4, 0.5) is 0 Å². The molecule has 0 saturated heterocycles. The van der Waals surface area contributed by atoms with Gasteiger partial charge in [-0.25, -0.2) is 4.98 Å². The Kier molecular flexibility index (Phi) is 4.43. The normalized spacial score (nSPS) is 10.2. The van der Waals surface area contributed by atoms with Crippen LogP contribution in [0.1, 0.15) is 0 Å². The number of hydrogen-bond donors (Lipinski definition) is 1. The number of thioether (sulfide) groups is 1. The Balaban J connectivity index is 2.37. The Hall–Kier alpha value is -0.250. The molecule has 0 aliphatic rings. The maximum atomic E-state index is 5.69. The molecule has 1 heterocycles. The highest BCUT2D eigenvalue weighted by atomic mass is 35.5. The number of hydrogen-bond acceptors (Lipinski definition) is 3. The van der Waals surface area contributed by atoms with E-state index in [0.29, 0.717) is 5.02 Å². The zero-order chi connectivity index (χ0) is 8.81. The molecule has 1 aromatic rings. The molecule has 1 N–H and O–H groups in total. The van der Waals surface area contributed by atoms with Crippen LogP contribution in [0, 0.1) is 0 Å². The van der Waals surface area contributed by atoms with Gasteiger partial charge in [0.15, 0.2) is 0 Å². The molecule has 1 aromatic heterocycles. The minimum Gasteiger partial charge on any atom is -0.319 e. The van der Waals surface area contributed by atoms with Crippen molar-refractivity contribution in [1.29, 1.82) is 0 Å². The van der Waals surface area contributed by atoms with E-state index >= 15 is 0 Å². The summed E-state index contributed by atoms with van der Waals surface area (Å²) in [5.74, 6) is 1.03. The van der Waals surface area contributed by atoms with Crippen molar-refractivity contribution >= 4 is 23.4 Å². The SMILES string of the molecule is CNCCSc1ccc(Cl)cn1. The lowest BCUT2D eigenvalue weighted by molar-refractivity contribution is 0.871. The molecule has 0 saturated carbocycles. The zero-order valence-electron chi connectivity index (χ0n) is 6.88. The summed E-state index contributed by atoms with van der Waals surface area (Å²) in [5, 5.41) is 4.79. The molecule has 0 aromatic carbocycles. The van der Waals surface area contributed by atoms with E-state index in [-0.39, 0.29) is 0 Å². The molecule has 0 spiro atoms. The fourth-order valence-corrected chi connectivity index (χ4v) is 1.62. The topological polar surface area (TPSA) is 24.9 Å². The van der Waals surface area contributed by atoms with Crippen molar-refractivity contribution in [3.8, 4) is 0 Å². The van der Waals surface area contributed by atoms with Gasteiger partial charge in [-0.05, 0) is 19.2 Å². The second kappa shape index (κ2) is 5.41. The molecule has 0 bridgehead atoms. The third-order valence-corrected chi connectivity index (χ3v) is 2.47. The first-order valence-electron chi connectivity index (χ1n) is 3.72. The van der Waals surface area contributed by atoms with Crippen LogP contribution >= 0.6 is 23.4 Å². The van der Waals surface area contributed by atoms with E-state index in [9.17, 15) is 0 Å². The Morgan fingerprint density at radius 1 is 1.58 bits per heavy atom. The molecule has 0 aliphatic heterocycles. The van der Waals surface area contributed by atoms with E-state index in [1.807, 2.05) is 19.2 Å². The van der Waals surface area contributed by atoms with Gasteiger partial charge in [0.1, 0.15) is 0 Å². The fraction of sp³-hybridized carbons (Fsp3) is 0.375. The zero-order valence-corrected chi connectivity index (χ0v) is 8.45. The Bertz CT molecular complexity index is 225. The van der Waals surface area contributed by atoms with Crippen LogP contribution < -0.4 is 5.32 Å². The molecule has 1 rings (SSSR count). The van der Waals surface area contributed by atoms with Gasteiger partial charge in [0.05, 0.1) is 10.0 Å². The predicted octanol–water partition coefficient (Wildman–Crippen LogP) is 2.05. The lowest BCUT2D eigenvalue weighted by atomic mass is 10.5. The molecule has 0 fully saturated rings. The van der Waals surface area contributed by atoms with Gasteiger partial charge in [-0.15, -0.1) is 11.8 Å². The summed E-state index contributed by atoms with van der Waals surface area (Å²) in [4.78, 5) is 4.15. The highest BCUT2D eigenvalue weighted by Crippen LogP contribution is 2.16. The first-order chi connectivity index (χ1) is 5.83. The van der Waals surface area contributed by atoms with Crippen molar-refractivity contribution < 1.29 is 0 Å². The van der Waals surface area contributed by atoms with E-state index in [2.05, 4.69) is 10.3 Å². The molecule has 0 aliphatic carbocycles. The average Bonchev–Trinajstić information content (AvgIpc) is 2.09. The van der Waals surface area contributed by atoms with Crippen LogP contribution in [0.2, 0.25) is 5.02 Å². The standard InChI is InChI=1S/C8H11ClN2S/c1-10-4-5-12-8-3-2-7(9)6-11-8/h2-3,6,10H,4-5H2,1H3. The van der Waals surface area contributed by atoms with Crippen molar-refractivity contribution in [3.05, 3.63) is 23.4 Å². The average molecular weight is 203 g/mol. The first kappa shape index (κ1) is 9.84. The Morgan fingerprint density at radius 2 is 2.42 bits per heavy atom. The molecular weight excluding hydrogens is 192 g/mol. The summed E-state index contributed by atoms with van der Waals surface area (Å²) in [6.45, 7) is 0.995. The molecular formula is C8H11ClN2S. The quantitative estimate of drug-likeness (QED) is 0.598. The summed E-state index contributed by atoms with van der Waals surface area (Å²) in [5.41, 5.74) is 0. The molecule has 0 unspecified atom stereocenters. The van der Waals surface area contributed by atoms with Crippen molar-refractivity contribution in [2.24, 2.45) is 0 Å². The number of nitrogens with one attached hydrogen (secondary N) is 1. The van der Waals surface area contributed by atoms with Crippen molar-refractivity contribution in [2.75, 3.05) is 19.3 Å². The lowest BCUT2D eigenvalue weighted by Crippen LogP contribution is -2.09. The maximum absolute atomic E-state index is 5.69. The minimum absolute atomic E-state index is 0.688. The monoisotopic (exact) mass is 202 g/mol. The molecule has 0 atom stereocenters. The first-order valence-corrected chi connectivity index (χ1v) is 5.08. The van der Waals surface area contributed by atoms with Gasteiger partial charge in [0, 0.05) is 18.5 Å². The lowest BCUT2D eigenvalue weighted by Gasteiger charge is -1.99. The second-order valence-electron chi connectivity index (χ2n) is 2.27. The number of pyridine rings is 1. The van der Waals surface area contributed by atoms with Crippen molar-refractivity contribution in [3.63, 3.8) is 0 Å².